The third-order valence-corrected chi connectivity index (χ3v) is 2.87. The lowest BCUT2D eigenvalue weighted by Crippen LogP contribution is -2.20. The molecule has 0 radical (unpaired) electrons. The summed E-state index contributed by atoms with van der Waals surface area (Å²) in [4.78, 5) is 16.9. The van der Waals surface area contributed by atoms with E-state index in [1.54, 1.807) is 31.0 Å². The Morgan fingerprint density at radius 1 is 0.870 bits per heavy atom. The van der Waals surface area contributed by atoms with Gasteiger partial charge in [0, 0.05) is 24.8 Å². The van der Waals surface area contributed by atoms with Gasteiger partial charge in [-0.05, 0) is 42.0 Å². The van der Waals surface area contributed by atoms with Gasteiger partial charge >= 0.3 is 0 Å². The molecule has 0 saturated carbocycles. The highest BCUT2D eigenvalue weighted by molar-refractivity contribution is 5.98. The van der Waals surface area contributed by atoms with Crippen molar-refractivity contribution in [3.05, 3.63) is 84.6 Å². The smallest absolute Gasteiger partial charge is 0.174 e. The summed E-state index contributed by atoms with van der Waals surface area (Å²) < 4.78 is 0. The minimum Gasteiger partial charge on any atom is -0.265 e. The molecule has 3 aromatic heterocycles. The monoisotopic (exact) mass is 302 g/mol. The van der Waals surface area contributed by atoms with Crippen LogP contribution in [0, 0.1) is 0 Å². The van der Waals surface area contributed by atoms with Gasteiger partial charge in [0.25, 0.3) is 0 Å². The first-order chi connectivity index (χ1) is 11.4. The van der Waals surface area contributed by atoms with E-state index in [2.05, 4.69) is 30.5 Å². The third kappa shape index (κ3) is 4.28. The molecule has 112 valence electrons. The van der Waals surface area contributed by atoms with Crippen molar-refractivity contribution in [2.75, 3.05) is 0 Å². The second-order valence-corrected chi connectivity index (χ2v) is 4.51. The molecule has 0 aromatic carbocycles. The number of amidine groups is 1. The summed E-state index contributed by atoms with van der Waals surface area (Å²) in [7, 11) is 0. The number of aromatic nitrogens is 3. The Balaban J connectivity index is 1.84. The van der Waals surface area contributed by atoms with Gasteiger partial charge in [-0.3, -0.25) is 15.4 Å². The summed E-state index contributed by atoms with van der Waals surface area (Å²) in [6, 6.07) is 14.9. The number of hydrogen-bond acceptors (Lipinski definition) is 5. The lowest BCUT2D eigenvalue weighted by atomic mass is 10.3. The molecule has 0 unspecified atom stereocenters. The highest BCUT2D eigenvalue weighted by Gasteiger charge is 2.04. The predicted molar refractivity (Wildman–Crippen MR) is 89.6 cm³/mol. The number of nitrogens with zero attached hydrogens (tertiary/aromatic N) is 5. The van der Waals surface area contributed by atoms with Gasteiger partial charge in [-0.2, -0.15) is 5.10 Å². The fraction of sp³-hybridized carbons (Fsp3) is 0. The van der Waals surface area contributed by atoms with Crippen LogP contribution in [0.5, 0.6) is 0 Å². The van der Waals surface area contributed by atoms with E-state index in [9.17, 15) is 0 Å². The normalized spacial score (nSPS) is 11.6. The Morgan fingerprint density at radius 2 is 1.65 bits per heavy atom. The first-order valence-electron chi connectivity index (χ1n) is 7.02. The first kappa shape index (κ1) is 14.5. The zero-order valence-corrected chi connectivity index (χ0v) is 12.2. The Hall–Kier alpha value is -3.41. The van der Waals surface area contributed by atoms with Gasteiger partial charge < -0.3 is 0 Å². The predicted octanol–water partition coefficient (Wildman–Crippen LogP) is 2.57. The molecule has 0 saturated heterocycles. The van der Waals surface area contributed by atoms with Crippen molar-refractivity contribution in [2.45, 2.75) is 0 Å². The Labute approximate surface area is 133 Å². The van der Waals surface area contributed by atoms with Crippen molar-refractivity contribution >= 4 is 17.9 Å². The molecule has 0 aliphatic rings. The van der Waals surface area contributed by atoms with Gasteiger partial charge in [0.15, 0.2) is 11.7 Å². The first-order valence-corrected chi connectivity index (χ1v) is 7.02. The van der Waals surface area contributed by atoms with Crippen LogP contribution in [0.1, 0.15) is 11.3 Å². The van der Waals surface area contributed by atoms with E-state index < -0.39 is 0 Å². The second kappa shape index (κ2) is 7.56. The Kier molecular flexibility index (Phi) is 4.77. The molecule has 3 rings (SSSR count). The van der Waals surface area contributed by atoms with Crippen LogP contribution in [0.3, 0.4) is 0 Å². The molecule has 1 N–H and O–H groups in total. The van der Waals surface area contributed by atoms with Crippen LogP contribution in [0.15, 0.2) is 83.4 Å². The highest BCUT2D eigenvalue weighted by atomic mass is 15.3. The van der Waals surface area contributed by atoms with E-state index in [-0.39, 0.29) is 0 Å². The van der Waals surface area contributed by atoms with Crippen molar-refractivity contribution < 1.29 is 0 Å². The van der Waals surface area contributed by atoms with Crippen LogP contribution in [0.2, 0.25) is 0 Å². The number of pyridine rings is 3. The van der Waals surface area contributed by atoms with Crippen molar-refractivity contribution in [3.8, 4) is 0 Å². The average Bonchev–Trinajstić information content (AvgIpc) is 2.63. The van der Waals surface area contributed by atoms with Gasteiger partial charge in [0.1, 0.15) is 5.69 Å². The van der Waals surface area contributed by atoms with Gasteiger partial charge in [-0.25, -0.2) is 9.98 Å². The molecule has 0 fully saturated rings. The summed E-state index contributed by atoms with van der Waals surface area (Å²) in [5.74, 6) is 1.11. The second-order valence-electron chi connectivity index (χ2n) is 4.51. The number of aliphatic imine (C=N–C) groups is 1. The van der Waals surface area contributed by atoms with Crippen molar-refractivity contribution in [3.63, 3.8) is 0 Å². The summed E-state index contributed by atoms with van der Waals surface area (Å²) in [6.45, 7) is 0. The number of nitrogens with one attached hydrogen (secondary N) is 1. The summed E-state index contributed by atoms with van der Waals surface area (Å²) in [5.41, 5.74) is 4.55. The fourth-order valence-electron chi connectivity index (χ4n) is 1.79. The molecule has 0 bridgehead atoms. The minimum absolute atomic E-state index is 0.523. The molecule has 3 aromatic rings. The minimum atomic E-state index is 0.523. The quantitative estimate of drug-likeness (QED) is 0.456. The van der Waals surface area contributed by atoms with Crippen LogP contribution < -0.4 is 5.43 Å². The molecule has 0 aliphatic carbocycles. The molecule has 6 nitrogen and oxygen atoms in total. The average molecular weight is 302 g/mol. The van der Waals surface area contributed by atoms with Gasteiger partial charge in [-0.1, -0.05) is 12.1 Å². The van der Waals surface area contributed by atoms with Crippen LogP contribution in [-0.4, -0.2) is 27.0 Å². The van der Waals surface area contributed by atoms with E-state index >= 15 is 0 Å². The molecule has 23 heavy (non-hydrogen) atoms. The molecular weight excluding hydrogens is 288 g/mol. The molecule has 0 amide bonds. The molecule has 6 heteroatoms. The molecule has 0 aliphatic heterocycles. The Morgan fingerprint density at radius 3 is 2.35 bits per heavy atom. The van der Waals surface area contributed by atoms with Crippen LogP contribution in [-0.2, 0) is 0 Å². The summed E-state index contributed by atoms with van der Waals surface area (Å²) in [5, 5.41) is 4.21. The van der Waals surface area contributed by atoms with E-state index in [1.165, 1.54) is 0 Å². The van der Waals surface area contributed by atoms with Gasteiger partial charge in [0.2, 0.25) is 0 Å². The topological polar surface area (TPSA) is 75.4 Å². The van der Waals surface area contributed by atoms with E-state index in [4.69, 9.17) is 0 Å². The molecule has 0 atom stereocenters. The summed E-state index contributed by atoms with van der Waals surface area (Å²) >= 11 is 0. The zero-order chi connectivity index (χ0) is 15.7. The van der Waals surface area contributed by atoms with Crippen LogP contribution >= 0.6 is 0 Å². The third-order valence-electron chi connectivity index (χ3n) is 2.87. The van der Waals surface area contributed by atoms with E-state index in [0.717, 1.165) is 5.56 Å². The zero-order valence-electron chi connectivity index (χ0n) is 12.2. The lowest BCUT2D eigenvalue weighted by Gasteiger charge is -2.04. The summed E-state index contributed by atoms with van der Waals surface area (Å²) in [6.07, 6.45) is 8.51. The lowest BCUT2D eigenvalue weighted by molar-refractivity contribution is 1.01. The standard InChI is InChI=1S/C17H14N6/c1-3-9-19-15(5-1)17(22-16-6-2-4-10-20-16)23-21-13-14-7-11-18-12-8-14/h1-13H,(H,20,22,23)/b21-13+. The fourth-order valence-corrected chi connectivity index (χ4v) is 1.79. The maximum absolute atomic E-state index is 4.47. The van der Waals surface area contributed by atoms with E-state index in [1.807, 2.05) is 48.5 Å². The molecule has 3 heterocycles. The SMILES string of the molecule is C(=N\N/C(=N\c1ccccn1)c1ccccn1)/c1ccncc1. The van der Waals surface area contributed by atoms with Crippen molar-refractivity contribution in [2.24, 2.45) is 10.1 Å². The maximum Gasteiger partial charge on any atom is 0.174 e. The van der Waals surface area contributed by atoms with Crippen molar-refractivity contribution in [1.29, 1.82) is 0 Å². The van der Waals surface area contributed by atoms with Gasteiger partial charge in [0.05, 0.1) is 6.21 Å². The van der Waals surface area contributed by atoms with Crippen molar-refractivity contribution in [1.82, 2.24) is 20.4 Å². The van der Waals surface area contributed by atoms with Crippen LogP contribution in [0.4, 0.5) is 5.82 Å². The maximum atomic E-state index is 4.47. The van der Waals surface area contributed by atoms with Crippen LogP contribution in [0.25, 0.3) is 0 Å². The number of hydrazone groups is 1. The largest absolute Gasteiger partial charge is 0.265 e. The van der Waals surface area contributed by atoms with E-state index in [0.29, 0.717) is 17.3 Å². The van der Waals surface area contributed by atoms with Gasteiger partial charge in [-0.15, -0.1) is 0 Å². The molecular formula is C17H14N6. The number of rotatable bonds is 4. The number of hydrogen-bond donors (Lipinski definition) is 1. The Bertz CT molecular complexity index is 785. The highest BCUT2D eigenvalue weighted by Crippen LogP contribution is 2.07. The molecule has 0 spiro atoms.